The van der Waals surface area contributed by atoms with Crippen LogP contribution >= 0.6 is 0 Å². The minimum atomic E-state index is -0.328. The lowest BCUT2D eigenvalue weighted by Crippen LogP contribution is -2.17. The van der Waals surface area contributed by atoms with E-state index in [1.54, 1.807) is 24.3 Å². The second kappa shape index (κ2) is 17.8. The van der Waals surface area contributed by atoms with E-state index in [1.807, 2.05) is 6.92 Å². The van der Waals surface area contributed by atoms with Gasteiger partial charge in [-0.1, -0.05) is 91.4 Å². The van der Waals surface area contributed by atoms with Crippen LogP contribution in [0.2, 0.25) is 0 Å². The summed E-state index contributed by atoms with van der Waals surface area (Å²) < 4.78 is 10.9. The van der Waals surface area contributed by atoms with Crippen LogP contribution in [0, 0.1) is 0 Å². The van der Waals surface area contributed by atoms with Crippen LogP contribution < -0.4 is 0 Å². The topological polar surface area (TPSA) is 52.6 Å². The maximum absolute atomic E-state index is 12.3. The highest BCUT2D eigenvalue weighted by molar-refractivity contribution is 5.93. The molecule has 0 aliphatic heterocycles. The lowest BCUT2D eigenvalue weighted by Gasteiger charge is -2.15. The van der Waals surface area contributed by atoms with Gasteiger partial charge in [0.2, 0.25) is 0 Å². The van der Waals surface area contributed by atoms with Gasteiger partial charge in [-0.3, -0.25) is 0 Å². The summed E-state index contributed by atoms with van der Waals surface area (Å²) in [6, 6.07) is 6.58. The lowest BCUT2D eigenvalue weighted by atomic mass is 10.1. The van der Waals surface area contributed by atoms with Crippen molar-refractivity contribution < 1.29 is 19.1 Å². The molecule has 0 bridgehead atoms. The van der Waals surface area contributed by atoms with E-state index in [0.717, 1.165) is 38.5 Å². The number of rotatable bonds is 18. The normalized spacial score (nSPS) is 11.8. The molecule has 0 saturated carbocycles. The molecule has 0 heterocycles. The Morgan fingerprint density at radius 3 is 1.68 bits per heavy atom. The Labute approximate surface area is 190 Å². The predicted molar refractivity (Wildman–Crippen MR) is 128 cm³/mol. The number of hydrogen-bond acceptors (Lipinski definition) is 4. The highest BCUT2D eigenvalue weighted by Crippen LogP contribution is 2.14. The van der Waals surface area contributed by atoms with Crippen LogP contribution in [-0.4, -0.2) is 24.6 Å². The van der Waals surface area contributed by atoms with Crippen LogP contribution in [0.5, 0.6) is 0 Å². The highest BCUT2D eigenvalue weighted by atomic mass is 16.5. The zero-order valence-corrected chi connectivity index (χ0v) is 20.1. The molecule has 0 spiro atoms. The van der Waals surface area contributed by atoms with Gasteiger partial charge in [-0.05, 0) is 43.5 Å². The van der Waals surface area contributed by atoms with Gasteiger partial charge in [0.25, 0.3) is 0 Å². The molecule has 0 aliphatic carbocycles. The van der Waals surface area contributed by atoms with E-state index in [9.17, 15) is 9.59 Å². The molecule has 1 atom stereocenters. The van der Waals surface area contributed by atoms with Crippen molar-refractivity contribution in [3.8, 4) is 0 Å². The van der Waals surface area contributed by atoms with Gasteiger partial charge >= 0.3 is 11.9 Å². The molecule has 1 aromatic carbocycles. The number of carbonyl (C=O) groups excluding carboxylic acids is 2. The van der Waals surface area contributed by atoms with E-state index in [0.29, 0.717) is 17.7 Å². The molecule has 0 radical (unpaired) electrons. The zero-order chi connectivity index (χ0) is 22.7. The summed E-state index contributed by atoms with van der Waals surface area (Å²) in [4.78, 5) is 24.5. The van der Waals surface area contributed by atoms with E-state index in [4.69, 9.17) is 9.47 Å². The molecule has 4 heteroatoms. The fourth-order valence-electron chi connectivity index (χ4n) is 3.58. The number of hydrogen-bond donors (Lipinski definition) is 0. The third-order valence-electron chi connectivity index (χ3n) is 5.70. The minimum Gasteiger partial charge on any atom is -0.462 e. The van der Waals surface area contributed by atoms with Gasteiger partial charge in [0.05, 0.1) is 17.7 Å². The molecule has 1 aromatic rings. The third-order valence-corrected chi connectivity index (χ3v) is 5.70. The minimum absolute atomic E-state index is 0.0434. The average Bonchev–Trinajstić information content (AvgIpc) is 2.80. The summed E-state index contributed by atoms with van der Waals surface area (Å²) in [5.41, 5.74) is 0.947. The van der Waals surface area contributed by atoms with Crippen molar-refractivity contribution in [2.24, 2.45) is 0 Å². The molecule has 176 valence electrons. The van der Waals surface area contributed by atoms with Gasteiger partial charge in [0, 0.05) is 0 Å². The molecule has 0 aliphatic rings. The van der Waals surface area contributed by atoms with E-state index in [2.05, 4.69) is 13.8 Å². The van der Waals surface area contributed by atoms with Crippen LogP contribution in [0.3, 0.4) is 0 Å². The molecule has 1 unspecified atom stereocenters. The summed E-state index contributed by atoms with van der Waals surface area (Å²) in [6.07, 6.45) is 16.3. The van der Waals surface area contributed by atoms with E-state index < -0.39 is 0 Å². The number of esters is 2. The summed E-state index contributed by atoms with van der Waals surface area (Å²) in [7, 11) is 0. The number of ether oxygens (including phenoxy) is 2. The summed E-state index contributed by atoms with van der Waals surface area (Å²) in [5.74, 6) is -0.654. The quantitative estimate of drug-likeness (QED) is 0.175. The van der Waals surface area contributed by atoms with Crippen molar-refractivity contribution in [1.29, 1.82) is 0 Å². The lowest BCUT2D eigenvalue weighted by molar-refractivity contribution is 0.0267. The van der Waals surface area contributed by atoms with E-state index in [1.165, 1.54) is 51.4 Å². The predicted octanol–water partition coefficient (Wildman–Crippen LogP) is 7.89. The van der Waals surface area contributed by atoms with Gasteiger partial charge in [-0.2, -0.15) is 0 Å². The average molecular weight is 433 g/mol. The zero-order valence-electron chi connectivity index (χ0n) is 20.1. The standard InChI is InChI=1S/C27H44O4/c1-4-7-9-10-11-12-13-14-15-16-22-30-26(28)23-18-20-24(21-19-23)27(29)31-25(6-3)17-8-5-2/h18-21,25H,4-17,22H2,1-3H3. The maximum atomic E-state index is 12.3. The molecule has 31 heavy (non-hydrogen) atoms. The Balaban J connectivity index is 2.21. The van der Waals surface area contributed by atoms with Gasteiger partial charge < -0.3 is 9.47 Å². The van der Waals surface area contributed by atoms with Gasteiger partial charge in [-0.15, -0.1) is 0 Å². The van der Waals surface area contributed by atoms with Crippen molar-refractivity contribution in [2.45, 2.75) is 117 Å². The first-order valence-corrected chi connectivity index (χ1v) is 12.6. The first-order chi connectivity index (χ1) is 15.1. The molecule has 0 saturated heterocycles. The van der Waals surface area contributed by atoms with E-state index in [-0.39, 0.29) is 18.0 Å². The molecule has 4 nitrogen and oxygen atoms in total. The Morgan fingerprint density at radius 1 is 0.677 bits per heavy atom. The fraction of sp³-hybridized carbons (Fsp3) is 0.704. The van der Waals surface area contributed by atoms with Crippen LogP contribution in [-0.2, 0) is 9.47 Å². The Morgan fingerprint density at radius 2 is 1.16 bits per heavy atom. The van der Waals surface area contributed by atoms with Crippen molar-refractivity contribution in [3.05, 3.63) is 35.4 Å². The SMILES string of the molecule is CCCCCCCCCCCCOC(=O)c1ccc(C(=O)OC(CC)CCCC)cc1. The van der Waals surface area contributed by atoms with Gasteiger partial charge in [0.1, 0.15) is 6.10 Å². The fourth-order valence-corrected chi connectivity index (χ4v) is 3.58. The van der Waals surface area contributed by atoms with Crippen LogP contribution in [0.1, 0.15) is 131 Å². The van der Waals surface area contributed by atoms with Crippen LogP contribution in [0.25, 0.3) is 0 Å². The monoisotopic (exact) mass is 432 g/mol. The first-order valence-electron chi connectivity index (χ1n) is 12.6. The van der Waals surface area contributed by atoms with Crippen LogP contribution in [0.4, 0.5) is 0 Å². The summed E-state index contributed by atoms with van der Waals surface area (Å²) >= 11 is 0. The Bertz CT molecular complexity index is 594. The number of unbranched alkanes of at least 4 members (excludes halogenated alkanes) is 10. The van der Waals surface area contributed by atoms with Crippen molar-refractivity contribution >= 4 is 11.9 Å². The molecular weight excluding hydrogens is 388 g/mol. The molecule has 0 fully saturated rings. The Kier molecular flexibility index (Phi) is 15.6. The van der Waals surface area contributed by atoms with E-state index >= 15 is 0 Å². The summed E-state index contributed by atoms with van der Waals surface area (Å²) in [6.45, 7) is 6.86. The van der Waals surface area contributed by atoms with Crippen molar-refractivity contribution in [1.82, 2.24) is 0 Å². The van der Waals surface area contributed by atoms with Crippen molar-refractivity contribution in [3.63, 3.8) is 0 Å². The maximum Gasteiger partial charge on any atom is 0.338 e. The van der Waals surface area contributed by atoms with Gasteiger partial charge in [0.15, 0.2) is 0 Å². The molecular formula is C27H44O4. The summed E-state index contributed by atoms with van der Waals surface area (Å²) in [5, 5.41) is 0. The van der Waals surface area contributed by atoms with Crippen LogP contribution in [0.15, 0.2) is 24.3 Å². The third kappa shape index (κ3) is 12.6. The molecule has 1 rings (SSSR count). The number of benzene rings is 1. The van der Waals surface area contributed by atoms with Crippen molar-refractivity contribution in [2.75, 3.05) is 6.61 Å². The highest BCUT2D eigenvalue weighted by Gasteiger charge is 2.15. The molecule has 0 aromatic heterocycles. The Hall–Kier alpha value is -1.84. The van der Waals surface area contributed by atoms with Gasteiger partial charge in [-0.25, -0.2) is 9.59 Å². The second-order valence-electron chi connectivity index (χ2n) is 8.47. The first kappa shape index (κ1) is 27.2. The molecule has 0 N–H and O–H groups in total. The number of carbonyl (C=O) groups is 2. The molecule has 0 amide bonds. The smallest absolute Gasteiger partial charge is 0.338 e. The second-order valence-corrected chi connectivity index (χ2v) is 8.47. The largest absolute Gasteiger partial charge is 0.462 e.